The predicted molar refractivity (Wildman–Crippen MR) is 89.5 cm³/mol. The molecular formula is C16H14BrNO6. The van der Waals surface area contributed by atoms with E-state index in [0.717, 1.165) is 16.1 Å². The summed E-state index contributed by atoms with van der Waals surface area (Å²) in [7, 11) is 2.92. The molecule has 0 bridgehead atoms. The normalized spacial score (nSPS) is 10.1. The molecule has 2 rings (SSSR count). The van der Waals surface area contributed by atoms with Crippen molar-refractivity contribution in [2.75, 3.05) is 14.2 Å². The lowest BCUT2D eigenvalue weighted by molar-refractivity contribution is -0.384. The van der Waals surface area contributed by atoms with Gasteiger partial charge in [0.05, 0.1) is 23.6 Å². The smallest absolute Gasteiger partial charge is 0.342 e. The number of ether oxygens (including phenoxy) is 3. The second-order valence-corrected chi connectivity index (χ2v) is 5.54. The average molecular weight is 396 g/mol. The van der Waals surface area contributed by atoms with Crippen LogP contribution in [0.3, 0.4) is 0 Å². The van der Waals surface area contributed by atoms with E-state index >= 15 is 0 Å². The number of non-ortho nitro benzene ring substituents is 1. The molecule has 0 unspecified atom stereocenters. The fraction of sp³-hybridized carbons (Fsp3) is 0.188. The van der Waals surface area contributed by atoms with Crippen LogP contribution in [0.15, 0.2) is 40.9 Å². The summed E-state index contributed by atoms with van der Waals surface area (Å²) in [6.07, 6.45) is 0. The van der Waals surface area contributed by atoms with Gasteiger partial charge in [0.1, 0.15) is 23.7 Å². The monoisotopic (exact) mass is 395 g/mol. The molecule has 0 N–H and O–H groups in total. The van der Waals surface area contributed by atoms with Gasteiger partial charge in [-0.05, 0) is 39.7 Å². The summed E-state index contributed by atoms with van der Waals surface area (Å²) in [5, 5.41) is 10.8. The zero-order valence-electron chi connectivity index (χ0n) is 12.9. The molecule has 0 amide bonds. The number of hydrogen-bond acceptors (Lipinski definition) is 6. The third-order valence-electron chi connectivity index (χ3n) is 3.20. The van der Waals surface area contributed by atoms with Gasteiger partial charge in [-0.2, -0.15) is 0 Å². The quantitative estimate of drug-likeness (QED) is 0.420. The van der Waals surface area contributed by atoms with Gasteiger partial charge >= 0.3 is 5.97 Å². The van der Waals surface area contributed by atoms with Crippen LogP contribution in [-0.4, -0.2) is 25.1 Å². The largest absolute Gasteiger partial charge is 0.496 e. The van der Waals surface area contributed by atoms with Crippen molar-refractivity contribution < 1.29 is 23.9 Å². The van der Waals surface area contributed by atoms with E-state index < -0.39 is 10.9 Å². The molecule has 24 heavy (non-hydrogen) atoms. The van der Waals surface area contributed by atoms with Gasteiger partial charge in [0.2, 0.25) is 0 Å². The van der Waals surface area contributed by atoms with Gasteiger partial charge in [0.25, 0.3) is 5.69 Å². The lowest BCUT2D eigenvalue weighted by Crippen LogP contribution is -2.08. The number of methoxy groups -OCH3 is 2. The summed E-state index contributed by atoms with van der Waals surface area (Å²) >= 11 is 3.35. The molecule has 0 radical (unpaired) electrons. The van der Waals surface area contributed by atoms with Crippen molar-refractivity contribution in [3.63, 3.8) is 0 Å². The van der Waals surface area contributed by atoms with E-state index in [4.69, 9.17) is 14.2 Å². The van der Waals surface area contributed by atoms with Crippen LogP contribution in [0.25, 0.3) is 0 Å². The highest BCUT2D eigenvalue weighted by Crippen LogP contribution is 2.27. The molecule has 8 heteroatoms. The van der Waals surface area contributed by atoms with Gasteiger partial charge in [0, 0.05) is 12.1 Å². The number of halogens is 1. The summed E-state index contributed by atoms with van der Waals surface area (Å²) in [5.74, 6) is 0.162. The van der Waals surface area contributed by atoms with Crippen molar-refractivity contribution in [1.82, 2.24) is 0 Å². The lowest BCUT2D eigenvalue weighted by Gasteiger charge is -2.10. The highest BCUT2D eigenvalue weighted by atomic mass is 79.9. The first-order valence-electron chi connectivity index (χ1n) is 6.78. The Morgan fingerprint density at radius 2 is 1.79 bits per heavy atom. The van der Waals surface area contributed by atoms with E-state index in [2.05, 4.69) is 15.9 Å². The zero-order valence-corrected chi connectivity index (χ0v) is 14.5. The first-order chi connectivity index (χ1) is 11.5. The number of hydrogen-bond donors (Lipinski definition) is 0. The molecule has 0 saturated carbocycles. The molecule has 0 aliphatic rings. The molecule has 126 valence electrons. The summed E-state index contributed by atoms with van der Waals surface area (Å²) in [6.45, 7) is 0.00722. The van der Waals surface area contributed by atoms with Crippen molar-refractivity contribution in [1.29, 1.82) is 0 Å². The Balaban J connectivity index is 2.16. The van der Waals surface area contributed by atoms with Gasteiger partial charge in [-0.1, -0.05) is 6.07 Å². The summed E-state index contributed by atoms with van der Waals surface area (Å²) in [4.78, 5) is 22.5. The highest BCUT2D eigenvalue weighted by molar-refractivity contribution is 9.10. The van der Waals surface area contributed by atoms with Gasteiger partial charge in [-0.25, -0.2) is 4.79 Å². The minimum atomic E-state index is -0.706. The topological polar surface area (TPSA) is 87.9 Å². The van der Waals surface area contributed by atoms with Gasteiger partial charge in [0.15, 0.2) is 0 Å². The van der Waals surface area contributed by atoms with Gasteiger partial charge in [-0.15, -0.1) is 0 Å². The number of rotatable bonds is 6. The van der Waals surface area contributed by atoms with Gasteiger partial charge < -0.3 is 14.2 Å². The van der Waals surface area contributed by atoms with E-state index in [1.807, 2.05) is 0 Å². The average Bonchev–Trinajstić information content (AvgIpc) is 2.59. The second-order valence-electron chi connectivity index (χ2n) is 4.69. The van der Waals surface area contributed by atoms with Crippen LogP contribution in [0.2, 0.25) is 0 Å². The Kier molecular flexibility index (Phi) is 5.75. The number of esters is 1. The van der Waals surface area contributed by atoms with Crippen LogP contribution in [0, 0.1) is 10.1 Å². The SMILES string of the molecule is COc1ccc(COC(=O)c2cc([N+](=O)[O-])ccc2OC)cc1Br. The predicted octanol–water partition coefficient (Wildman–Crippen LogP) is 3.73. The Hall–Kier alpha value is -2.61. The molecule has 2 aromatic rings. The van der Waals surface area contributed by atoms with E-state index in [0.29, 0.717) is 5.75 Å². The maximum atomic E-state index is 12.2. The van der Waals surface area contributed by atoms with Crippen molar-refractivity contribution >= 4 is 27.6 Å². The van der Waals surface area contributed by atoms with Crippen molar-refractivity contribution in [3.8, 4) is 11.5 Å². The van der Waals surface area contributed by atoms with Crippen molar-refractivity contribution in [2.45, 2.75) is 6.61 Å². The minimum absolute atomic E-state index is 0.000669. The highest BCUT2D eigenvalue weighted by Gasteiger charge is 2.19. The second kappa shape index (κ2) is 7.78. The van der Waals surface area contributed by atoms with Crippen LogP contribution in [0.4, 0.5) is 5.69 Å². The molecule has 2 aromatic carbocycles. The Labute approximate surface area is 146 Å². The van der Waals surface area contributed by atoms with Crippen LogP contribution in [-0.2, 0) is 11.3 Å². The number of nitro benzene ring substituents is 1. The Bertz CT molecular complexity index is 777. The molecule has 0 spiro atoms. The summed E-state index contributed by atoms with van der Waals surface area (Å²) in [6, 6.07) is 9.00. The van der Waals surface area contributed by atoms with Crippen molar-refractivity contribution in [3.05, 3.63) is 62.1 Å². The molecule has 0 aromatic heterocycles. The fourth-order valence-corrected chi connectivity index (χ4v) is 2.58. The number of carbonyl (C=O) groups is 1. The van der Waals surface area contributed by atoms with Crippen molar-refractivity contribution in [2.24, 2.45) is 0 Å². The van der Waals surface area contributed by atoms with E-state index in [1.54, 1.807) is 25.3 Å². The zero-order chi connectivity index (χ0) is 17.7. The standard InChI is InChI=1S/C16H14BrNO6/c1-22-14-6-4-11(18(20)21)8-12(14)16(19)24-9-10-3-5-15(23-2)13(17)7-10/h3-8H,9H2,1-2H3. The summed E-state index contributed by atoms with van der Waals surface area (Å²) in [5.41, 5.74) is 0.523. The third-order valence-corrected chi connectivity index (χ3v) is 3.82. The molecule has 0 aliphatic carbocycles. The lowest BCUT2D eigenvalue weighted by atomic mass is 10.1. The number of carbonyl (C=O) groups excluding carboxylic acids is 1. The maximum Gasteiger partial charge on any atom is 0.342 e. The molecule has 7 nitrogen and oxygen atoms in total. The van der Waals surface area contributed by atoms with E-state index in [-0.39, 0.29) is 23.6 Å². The Morgan fingerprint density at radius 3 is 2.38 bits per heavy atom. The number of benzene rings is 2. The first kappa shape index (κ1) is 17.7. The van der Waals surface area contributed by atoms with E-state index in [9.17, 15) is 14.9 Å². The Morgan fingerprint density at radius 1 is 1.12 bits per heavy atom. The molecule has 0 aliphatic heterocycles. The summed E-state index contributed by atoms with van der Waals surface area (Å²) < 4.78 is 16.1. The minimum Gasteiger partial charge on any atom is -0.496 e. The third kappa shape index (κ3) is 4.02. The molecular weight excluding hydrogens is 382 g/mol. The van der Waals surface area contributed by atoms with E-state index in [1.165, 1.54) is 19.2 Å². The molecule has 0 saturated heterocycles. The number of nitrogens with zero attached hydrogens (tertiary/aromatic N) is 1. The molecule has 0 heterocycles. The fourth-order valence-electron chi connectivity index (χ4n) is 2.00. The number of nitro groups is 1. The molecule has 0 fully saturated rings. The maximum absolute atomic E-state index is 12.2. The molecule has 0 atom stereocenters. The van der Waals surface area contributed by atoms with Gasteiger partial charge in [-0.3, -0.25) is 10.1 Å². The van der Waals surface area contributed by atoms with Crippen LogP contribution in [0.1, 0.15) is 15.9 Å². The van der Waals surface area contributed by atoms with Crippen LogP contribution >= 0.6 is 15.9 Å². The van der Waals surface area contributed by atoms with Crippen LogP contribution in [0.5, 0.6) is 11.5 Å². The first-order valence-corrected chi connectivity index (χ1v) is 7.57. The van der Waals surface area contributed by atoms with Crippen LogP contribution < -0.4 is 9.47 Å².